The number of carboxylic acids is 1. The summed E-state index contributed by atoms with van der Waals surface area (Å²) in [6, 6.07) is 0. The monoisotopic (exact) mass is 307 g/mol. The molecule has 120 valence electrons. The van der Waals surface area contributed by atoms with E-state index in [0.29, 0.717) is 19.4 Å². The Bertz CT molecular complexity index is 396. The van der Waals surface area contributed by atoms with Gasteiger partial charge < -0.3 is 5.11 Å². The van der Waals surface area contributed by atoms with Crippen molar-refractivity contribution in [2.24, 2.45) is 17.3 Å². The number of carboxylic acid groups (broad SMARTS) is 1. The van der Waals surface area contributed by atoms with Gasteiger partial charge in [-0.05, 0) is 30.1 Å². The molecule has 20 heavy (non-hydrogen) atoms. The van der Waals surface area contributed by atoms with Gasteiger partial charge in [-0.1, -0.05) is 34.6 Å². The van der Waals surface area contributed by atoms with Gasteiger partial charge in [-0.3, -0.25) is 4.79 Å². The Morgan fingerprint density at radius 3 is 2.15 bits per heavy atom. The molecule has 1 unspecified atom stereocenters. The molecule has 0 aliphatic heterocycles. The first-order chi connectivity index (χ1) is 8.94. The largest absolute Gasteiger partial charge is 0.481 e. The fourth-order valence-electron chi connectivity index (χ4n) is 2.19. The lowest BCUT2D eigenvalue weighted by Crippen LogP contribution is -2.32. The van der Waals surface area contributed by atoms with Crippen LogP contribution in [0.4, 0.5) is 0 Å². The van der Waals surface area contributed by atoms with E-state index in [0.717, 1.165) is 0 Å². The highest BCUT2D eigenvalue weighted by Crippen LogP contribution is 2.32. The summed E-state index contributed by atoms with van der Waals surface area (Å²) in [6.07, 6.45) is 1.36. The zero-order valence-corrected chi connectivity index (χ0v) is 14.1. The molecule has 0 rings (SSSR count). The molecule has 0 saturated heterocycles. The molecule has 2 N–H and O–H groups in total. The third kappa shape index (κ3) is 9.31. The number of aliphatic carboxylic acids is 1. The van der Waals surface area contributed by atoms with Crippen molar-refractivity contribution in [1.29, 1.82) is 0 Å². The number of hydrogen-bond donors (Lipinski definition) is 2. The zero-order valence-electron chi connectivity index (χ0n) is 13.3. The highest BCUT2D eigenvalue weighted by atomic mass is 32.2. The van der Waals surface area contributed by atoms with Crippen LogP contribution in [0.25, 0.3) is 0 Å². The van der Waals surface area contributed by atoms with Gasteiger partial charge in [-0.25, -0.2) is 13.1 Å². The van der Waals surface area contributed by atoms with E-state index >= 15 is 0 Å². The van der Waals surface area contributed by atoms with Gasteiger partial charge in [0.15, 0.2) is 0 Å². The smallest absolute Gasteiger partial charge is 0.303 e. The van der Waals surface area contributed by atoms with Gasteiger partial charge in [0.1, 0.15) is 0 Å². The van der Waals surface area contributed by atoms with Crippen molar-refractivity contribution in [1.82, 2.24) is 4.72 Å². The van der Waals surface area contributed by atoms with Crippen LogP contribution in [-0.2, 0) is 14.8 Å². The highest BCUT2D eigenvalue weighted by Gasteiger charge is 2.25. The van der Waals surface area contributed by atoms with Crippen LogP contribution in [0.5, 0.6) is 0 Å². The molecule has 1 atom stereocenters. The lowest BCUT2D eigenvalue weighted by molar-refractivity contribution is -0.137. The lowest BCUT2D eigenvalue weighted by Gasteiger charge is -2.30. The average Bonchev–Trinajstić information content (AvgIpc) is 2.18. The minimum atomic E-state index is -3.22. The minimum Gasteiger partial charge on any atom is -0.481 e. The molecule has 0 fully saturated rings. The number of carbonyl (C=O) groups is 1. The number of nitrogens with one attached hydrogen (secondary N) is 1. The third-order valence-electron chi connectivity index (χ3n) is 3.30. The summed E-state index contributed by atoms with van der Waals surface area (Å²) in [7, 11) is -3.22. The Hall–Kier alpha value is -0.620. The van der Waals surface area contributed by atoms with Crippen LogP contribution in [0.1, 0.15) is 53.9 Å². The molecule has 0 aliphatic rings. The van der Waals surface area contributed by atoms with Gasteiger partial charge in [0.05, 0.1) is 5.75 Å². The van der Waals surface area contributed by atoms with E-state index in [4.69, 9.17) is 5.11 Å². The molecule has 0 aromatic rings. The summed E-state index contributed by atoms with van der Waals surface area (Å²) in [5.74, 6) is -0.402. The summed E-state index contributed by atoms with van der Waals surface area (Å²) in [5.41, 5.74) is -0.0288. The van der Waals surface area contributed by atoms with Crippen LogP contribution in [-0.4, -0.2) is 31.8 Å². The van der Waals surface area contributed by atoms with E-state index in [9.17, 15) is 13.2 Å². The van der Waals surface area contributed by atoms with E-state index in [1.807, 2.05) is 13.8 Å². The lowest BCUT2D eigenvalue weighted by atomic mass is 9.76. The quantitative estimate of drug-likeness (QED) is 0.685. The van der Waals surface area contributed by atoms with Crippen molar-refractivity contribution in [2.75, 3.05) is 12.3 Å². The molecule has 0 aromatic heterocycles. The van der Waals surface area contributed by atoms with Gasteiger partial charge in [0.2, 0.25) is 10.0 Å². The molecular formula is C14H29NO4S. The maximum Gasteiger partial charge on any atom is 0.303 e. The van der Waals surface area contributed by atoms with Crippen LogP contribution in [0.2, 0.25) is 0 Å². The van der Waals surface area contributed by atoms with E-state index in [2.05, 4.69) is 25.5 Å². The summed E-state index contributed by atoms with van der Waals surface area (Å²) < 4.78 is 26.1. The van der Waals surface area contributed by atoms with Crippen molar-refractivity contribution in [3.05, 3.63) is 0 Å². The molecule has 0 amide bonds. The predicted molar refractivity (Wildman–Crippen MR) is 81.1 cm³/mol. The maximum absolute atomic E-state index is 11.7. The molecule has 0 heterocycles. The van der Waals surface area contributed by atoms with Gasteiger partial charge in [-0.2, -0.15) is 0 Å². The van der Waals surface area contributed by atoms with Crippen molar-refractivity contribution in [3.8, 4) is 0 Å². The third-order valence-corrected chi connectivity index (χ3v) is 5.05. The number of rotatable bonds is 9. The van der Waals surface area contributed by atoms with E-state index < -0.39 is 16.0 Å². The van der Waals surface area contributed by atoms with Crippen LogP contribution in [0.15, 0.2) is 0 Å². The van der Waals surface area contributed by atoms with Gasteiger partial charge >= 0.3 is 5.97 Å². The Morgan fingerprint density at radius 2 is 1.75 bits per heavy atom. The van der Waals surface area contributed by atoms with Crippen molar-refractivity contribution in [2.45, 2.75) is 53.9 Å². The molecule has 0 radical (unpaired) electrons. The SMILES string of the molecule is CC(C)CS(=O)(=O)NCCC(CCC(=O)O)C(C)(C)C. The van der Waals surface area contributed by atoms with Crippen molar-refractivity contribution >= 4 is 16.0 Å². The van der Waals surface area contributed by atoms with Crippen LogP contribution < -0.4 is 4.72 Å². The molecule has 0 aliphatic carbocycles. The van der Waals surface area contributed by atoms with Crippen LogP contribution in [0.3, 0.4) is 0 Å². The number of sulfonamides is 1. The second kappa shape index (κ2) is 7.98. The summed E-state index contributed by atoms with van der Waals surface area (Å²) >= 11 is 0. The maximum atomic E-state index is 11.7. The van der Waals surface area contributed by atoms with E-state index in [1.54, 1.807) is 0 Å². The minimum absolute atomic E-state index is 0.0288. The second-order valence-corrected chi connectivity index (χ2v) is 8.71. The predicted octanol–water partition coefficient (Wildman–Crippen LogP) is 2.48. The molecule has 6 heteroatoms. The molecule has 0 bridgehead atoms. The summed E-state index contributed by atoms with van der Waals surface area (Å²) in [6.45, 7) is 10.3. The summed E-state index contributed by atoms with van der Waals surface area (Å²) in [4.78, 5) is 10.7. The fourth-order valence-corrected chi connectivity index (χ4v) is 3.62. The molecular weight excluding hydrogens is 278 g/mol. The van der Waals surface area contributed by atoms with Crippen LogP contribution in [0, 0.1) is 17.3 Å². The molecule has 0 spiro atoms. The average molecular weight is 307 g/mol. The first-order valence-electron chi connectivity index (χ1n) is 7.13. The van der Waals surface area contributed by atoms with Crippen molar-refractivity contribution < 1.29 is 18.3 Å². The Balaban J connectivity index is 4.37. The first kappa shape index (κ1) is 19.4. The Morgan fingerprint density at radius 1 is 1.20 bits per heavy atom. The molecule has 0 aromatic carbocycles. The topological polar surface area (TPSA) is 83.5 Å². The van der Waals surface area contributed by atoms with Crippen molar-refractivity contribution in [3.63, 3.8) is 0 Å². The van der Waals surface area contributed by atoms with E-state index in [1.165, 1.54) is 0 Å². The fraction of sp³-hybridized carbons (Fsp3) is 0.929. The summed E-state index contributed by atoms with van der Waals surface area (Å²) in [5, 5.41) is 8.77. The Labute approximate surface area is 123 Å². The molecule has 0 saturated carbocycles. The second-order valence-electron chi connectivity index (χ2n) is 6.85. The zero-order chi connectivity index (χ0) is 16.0. The van der Waals surface area contributed by atoms with Crippen LogP contribution >= 0.6 is 0 Å². The van der Waals surface area contributed by atoms with Gasteiger partial charge in [0.25, 0.3) is 0 Å². The van der Waals surface area contributed by atoms with E-state index in [-0.39, 0.29) is 29.4 Å². The number of hydrogen-bond acceptors (Lipinski definition) is 3. The standard InChI is InChI=1S/C14H29NO4S/c1-11(2)10-20(18,19)15-9-8-12(14(3,4)5)6-7-13(16)17/h11-12,15H,6-10H2,1-5H3,(H,16,17). The van der Waals surface area contributed by atoms with Gasteiger partial charge in [0, 0.05) is 13.0 Å². The highest BCUT2D eigenvalue weighted by molar-refractivity contribution is 7.89. The Kier molecular flexibility index (Phi) is 7.73. The van der Waals surface area contributed by atoms with Gasteiger partial charge in [-0.15, -0.1) is 0 Å². The first-order valence-corrected chi connectivity index (χ1v) is 8.78. The molecule has 5 nitrogen and oxygen atoms in total. The normalized spacial score (nSPS) is 14.5.